The Kier molecular flexibility index (Phi) is 24.6. The van der Waals surface area contributed by atoms with Gasteiger partial charge in [0.15, 0.2) is 0 Å². The van der Waals surface area contributed by atoms with E-state index in [1.807, 2.05) is 0 Å². The van der Waals surface area contributed by atoms with Crippen LogP contribution >= 0.6 is 0 Å². The molecule has 0 rings (SSSR count). The molecular weight excluding hydrogens is 277 g/mol. The topological polar surface area (TPSA) is 101 Å². The number of rotatable bonds is 10. The molecule has 0 radical (unpaired) electrons. The average molecular weight is 307 g/mol. The first kappa shape index (κ1) is 24.8. The molecule has 0 saturated carbocycles. The summed E-state index contributed by atoms with van der Waals surface area (Å²) in [6, 6.07) is 0. The number of unbranched alkanes of at least 4 members (excludes halogenated alkanes) is 9. The first-order valence-corrected chi connectivity index (χ1v) is 8.21. The first-order chi connectivity index (χ1) is 8.41. The minimum absolute atomic E-state index is 0. The molecule has 0 heterocycles. The van der Waals surface area contributed by atoms with E-state index in [1.54, 1.807) is 0 Å². The fraction of sp³-hybridized carbons (Fsp3) is 1.00. The third kappa shape index (κ3) is 45.5. The fourth-order valence-electron chi connectivity index (χ4n) is 1.63. The largest absolute Gasteiger partial charge is 1.00 e. The van der Waals surface area contributed by atoms with Crippen molar-refractivity contribution in [3.63, 3.8) is 0 Å². The Morgan fingerprint density at radius 3 is 1.37 bits per heavy atom. The maximum Gasteiger partial charge on any atom is 1.00 e. The second-order valence-corrected chi connectivity index (χ2v) is 5.31. The Balaban J connectivity index is -0.000000158. The van der Waals surface area contributed by atoms with Crippen molar-refractivity contribution in [2.75, 3.05) is 6.54 Å². The zero-order valence-electron chi connectivity index (χ0n) is 13.5. The van der Waals surface area contributed by atoms with Crippen LogP contribution in [0.3, 0.4) is 0 Å². The Hall–Kier alpha value is 0.830. The van der Waals surface area contributed by atoms with Crippen LogP contribution < -0.4 is 35.3 Å². The van der Waals surface area contributed by atoms with E-state index in [4.69, 9.17) is 23.3 Å². The van der Waals surface area contributed by atoms with Crippen molar-refractivity contribution in [1.29, 1.82) is 0 Å². The van der Waals surface area contributed by atoms with Gasteiger partial charge in [-0.2, -0.15) is 8.42 Å². The van der Waals surface area contributed by atoms with E-state index < -0.39 is 10.4 Å². The molecule has 4 N–H and O–H groups in total. The molecule has 5 nitrogen and oxygen atoms in total. The van der Waals surface area contributed by atoms with E-state index in [0.29, 0.717) is 0 Å². The normalized spacial score (nSPS) is 10.3. The van der Waals surface area contributed by atoms with Crippen LogP contribution in [0.2, 0.25) is 0 Å². The summed E-state index contributed by atoms with van der Waals surface area (Å²) in [6.45, 7) is 3.14. The molecule has 0 aliphatic carbocycles. The molecule has 0 aliphatic rings. The van der Waals surface area contributed by atoms with Gasteiger partial charge in [0, 0.05) is 0 Å². The third-order valence-corrected chi connectivity index (χ3v) is 2.56. The van der Waals surface area contributed by atoms with Gasteiger partial charge in [0.2, 0.25) is 0 Å². The van der Waals surface area contributed by atoms with Gasteiger partial charge in [-0.05, 0) is 13.0 Å². The van der Waals surface area contributed by atoms with Gasteiger partial charge in [-0.1, -0.05) is 64.7 Å². The van der Waals surface area contributed by atoms with Gasteiger partial charge < -0.3 is 7.16 Å². The summed E-state index contributed by atoms with van der Waals surface area (Å²) < 4.78 is 31.6. The molecule has 0 unspecified atom stereocenters. The van der Waals surface area contributed by atoms with Crippen LogP contribution in [0.5, 0.6) is 0 Å². The molecular formula is C12H30NNaO4S. The Bertz CT molecular complexity index is 236. The third-order valence-electron chi connectivity index (χ3n) is 2.56. The van der Waals surface area contributed by atoms with Crippen LogP contribution in [-0.2, 0) is 10.4 Å². The van der Waals surface area contributed by atoms with Gasteiger partial charge >= 0.3 is 40.0 Å². The van der Waals surface area contributed by atoms with Crippen molar-refractivity contribution in [3.8, 4) is 0 Å². The summed E-state index contributed by atoms with van der Waals surface area (Å²) in [6.07, 6.45) is 13.9. The molecule has 0 fully saturated rings. The second kappa shape index (κ2) is 18.8. The molecule has 0 aromatic rings. The van der Waals surface area contributed by atoms with Crippen LogP contribution in [-0.4, -0.2) is 24.1 Å². The standard InChI is InChI=1S/C12H27N.Na.H2O4S.H/c1-2-3-4-5-6-7-8-9-10-11-12-13;;1-5(2,3)4;/h2-13H2,1H3;;(H2,1,2,3,4);/q;+1;;-1. The summed E-state index contributed by atoms with van der Waals surface area (Å²) in [4.78, 5) is 0. The molecule has 19 heavy (non-hydrogen) atoms. The van der Waals surface area contributed by atoms with Crippen molar-refractivity contribution in [2.24, 2.45) is 5.73 Å². The Morgan fingerprint density at radius 1 is 0.842 bits per heavy atom. The molecule has 7 heteroatoms. The summed E-state index contributed by atoms with van der Waals surface area (Å²) in [5.41, 5.74) is 5.42. The van der Waals surface area contributed by atoms with Crippen LogP contribution in [0.4, 0.5) is 0 Å². The van der Waals surface area contributed by atoms with Gasteiger partial charge in [0.25, 0.3) is 0 Å². The predicted octanol–water partition coefficient (Wildman–Crippen LogP) is 0.330. The van der Waals surface area contributed by atoms with Crippen molar-refractivity contribution in [2.45, 2.75) is 71.1 Å². The quantitative estimate of drug-likeness (QED) is 0.307. The first-order valence-electron chi connectivity index (χ1n) is 6.81. The van der Waals surface area contributed by atoms with Crippen molar-refractivity contribution in [3.05, 3.63) is 0 Å². The maximum absolute atomic E-state index is 8.74. The van der Waals surface area contributed by atoms with Gasteiger partial charge in [-0.3, -0.25) is 9.11 Å². The summed E-state index contributed by atoms with van der Waals surface area (Å²) in [5, 5.41) is 0. The van der Waals surface area contributed by atoms with E-state index in [-0.39, 0.29) is 31.0 Å². The summed E-state index contributed by atoms with van der Waals surface area (Å²) >= 11 is 0. The molecule has 0 bridgehead atoms. The van der Waals surface area contributed by atoms with E-state index in [9.17, 15) is 0 Å². The Labute approximate surface area is 142 Å². The number of nitrogens with two attached hydrogens (primary N) is 1. The van der Waals surface area contributed by atoms with E-state index in [0.717, 1.165) is 6.54 Å². The van der Waals surface area contributed by atoms with E-state index in [2.05, 4.69) is 6.92 Å². The van der Waals surface area contributed by atoms with Crippen LogP contribution in [0.1, 0.15) is 72.6 Å². The summed E-state index contributed by atoms with van der Waals surface area (Å²) in [7, 11) is -4.67. The SMILES string of the molecule is CCCCCCCCCCCCN.O=S(=O)(O)O.[H-].[Na+]. The number of hydrogen-bond donors (Lipinski definition) is 3. The van der Waals surface area contributed by atoms with Crippen LogP contribution in [0.25, 0.3) is 0 Å². The molecule has 0 aromatic carbocycles. The molecule has 0 atom stereocenters. The predicted molar refractivity (Wildman–Crippen MR) is 76.2 cm³/mol. The van der Waals surface area contributed by atoms with Crippen molar-refractivity contribution in [1.82, 2.24) is 0 Å². The molecule has 0 spiro atoms. The second-order valence-electron chi connectivity index (χ2n) is 4.42. The van der Waals surface area contributed by atoms with Gasteiger partial charge in [-0.25, -0.2) is 0 Å². The maximum atomic E-state index is 8.74. The minimum atomic E-state index is -4.67. The minimum Gasteiger partial charge on any atom is -1.00 e. The summed E-state index contributed by atoms with van der Waals surface area (Å²) in [5.74, 6) is 0. The fourth-order valence-corrected chi connectivity index (χ4v) is 1.63. The van der Waals surface area contributed by atoms with Crippen molar-refractivity contribution < 1.29 is 48.5 Å². The zero-order chi connectivity index (χ0) is 14.3. The van der Waals surface area contributed by atoms with Crippen molar-refractivity contribution >= 4 is 10.4 Å². The molecule has 0 amide bonds. The smallest absolute Gasteiger partial charge is 1.00 e. The van der Waals surface area contributed by atoms with Gasteiger partial charge in [-0.15, -0.1) is 0 Å². The molecule has 0 saturated heterocycles. The molecule has 114 valence electrons. The van der Waals surface area contributed by atoms with Crippen LogP contribution in [0, 0.1) is 0 Å². The molecule has 0 aromatic heterocycles. The van der Waals surface area contributed by atoms with E-state index in [1.165, 1.54) is 64.2 Å². The van der Waals surface area contributed by atoms with E-state index >= 15 is 0 Å². The van der Waals surface area contributed by atoms with Crippen LogP contribution in [0.15, 0.2) is 0 Å². The Morgan fingerprint density at radius 2 is 1.11 bits per heavy atom. The van der Waals surface area contributed by atoms with Gasteiger partial charge in [0.1, 0.15) is 0 Å². The average Bonchev–Trinajstić information content (AvgIpc) is 2.25. The van der Waals surface area contributed by atoms with Gasteiger partial charge in [0.05, 0.1) is 0 Å². The molecule has 0 aliphatic heterocycles. The monoisotopic (exact) mass is 307 g/mol. The zero-order valence-corrected chi connectivity index (χ0v) is 15.3. The number of hydrogen-bond acceptors (Lipinski definition) is 3.